The molecule has 0 radical (unpaired) electrons. The molecule has 1 heterocycles. The number of piperazine rings is 1. The molecule has 0 saturated carbocycles. The lowest BCUT2D eigenvalue weighted by atomic mass is 10.1. The molecule has 1 amide bonds. The van der Waals surface area contributed by atoms with Crippen LogP contribution in [0.1, 0.15) is 17.3 Å². The minimum absolute atomic E-state index is 0.0707. The molecule has 1 aromatic rings. The minimum Gasteiger partial charge on any atom is -0.358 e. The minimum atomic E-state index is -5.21. The first-order valence-corrected chi connectivity index (χ1v) is 8.44. The lowest BCUT2D eigenvalue weighted by molar-refractivity contribution is 0.0641. The standard InChI is InChI=1S/C13H16ClFN2O4S/c1-2-16-5-7-17(8-6-16)13(18)11-9-10(14)3-4-12(11)21-22(15,19)20/h3-4,9H,2,5-8H2,1H3. The molecule has 0 bridgehead atoms. The predicted molar refractivity (Wildman–Crippen MR) is 80.1 cm³/mol. The summed E-state index contributed by atoms with van der Waals surface area (Å²) in [5.74, 6) is -0.799. The summed E-state index contributed by atoms with van der Waals surface area (Å²) < 4.78 is 38.3. The summed E-state index contributed by atoms with van der Waals surface area (Å²) in [7, 11) is -5.21. The molecular weight excluding hydrogens is 335 g/mol. The molecular formula is C13H16ClFN2O4S. The number of halogens is 2. The van der Waals surface area contributed by atoms with E-state index in [1.807, 2.05) is 6.92 Å². The average Bonchev–Trinajstić information content (AvgIpc) is 2.47. The molecule has 1 saturated heterocycles. The number of rotatable bonds is 4. The maximum atomic E-state index is 12.7. The van der Waals surface area contributed by atoms with Gasteiger partial charge in [-0.15, -0.1) is 0 Å². The first kappa shape index (κ1) is 17.0. The third-order valence-corrected chi connectivity index (χ3v) is 4.08. The van der Waals surface area contributed by atoms with Gasteiger partial charge in [0, 0.05) is 31.2 Å². The molecule has 1 aromatic carbocycles. The van der Waals surface area contributed by atoms with Gasteiger partial charge < -0.3 is 14.0 Å². The highest BCUT2D eigenvalue weighted by atomic mass is 35.5. The van der Waals surface area contributed by atoms with E-state index in [1.165, 1.54) is 12.1 Å². The van der Waals surface area contributed by atoms with Gasteiger partial charge in [0.25, 0.3) is 5.91 Å². The summed E-state index contributed by atoms with van der Waals surface area (Å²) >= 11 is 5.84. The van der Waals surface area contributed by atoms with Gasteiger partial charge in [-0.2, -0.15) is 8.42 Å². The quantitative estimate of drug-likeness (QED) is 0.773. The van der Waals surface area contributed by atoms with E-state index in [0.717, 1.165) is 25.7 Å². The van der Waals surface area contributed by atoms with E-state index in [4.69, 9.17) is 11.6 Å². The molecule has 22 heavy (non-hydrogen) atoms. The molecule has 0 aliphatic carbocycles. The Kier molecular flexibility index (Phi) is 5.25. The summed E-state index contributed by atoms with van der Waals surface area (Å²) in [6, 6.07) is 3.76. The molecule has 0 N–H and O–H groups in total. The lowest BCUT2D eigenvalue weighted by Gasteiger charge is -2.34. The molecule has 0 atom stereocenters. The van der Waals surface area contributed by atoms with Crippen LogP contribution < -0.4 is 4.18 Å². The Morgan fingerprint density at radius 2 is 1.95 bits per heavy atom. The van der Waals surface area contributed by atoms with E-state index in [2.05, 4.69) is 9.08 Å². The topological polar surface area (TPSA) is 66.9 Å². The van der Waals surface area contributed by atoms with Crippen molar-refractivity contribution < 1.29 is 21.3 Å². The largest absolute Gasteiger partial charge is 0.488 e. The fourth-order valence-electron chi connectivity index (χ4n) is 2.29. The second-order valence-electron chi connectivity index (χ2n) is 4.84. The number of nitrogens with zero attached hydrogens (tertiary/aromatic N) is 2. The SMILES string of the molecule is CCN1CCN(C(=O)c2cc(Cl)ccc2OS(=O)(=O)F)CC1. The van der Waals surface area contributed by atoms with Crippen LogP contribution in [0.3, 0.4) is 0 Å². The Hall–Kier alpha value is -1.38. The first-order valence-electron chi connectivity index (χ1n) is 6.75. The highest BCUT2D eigenvalue weighted by Crippen LogP contribution is 2.26. The van der Waals surface area contributed by atoms with Crippen LogP contribution in [0.15, 0.2) is 18.2 Å². The summed E-state index contributed by atoms with van der Waals surface area (Å²) in [6.07, 6.45) is 0. The molecule has 1 aliphatic heterocycles. The van der Waals surface area contributed by atoms with E-state index in [-0.39, 0.29) is 16.3 Å². The molecule has 1 aliphatic rings. The first-order chi connectivity index (χ1) is 10.3. The van der Waals surface area contributed by atoms with Gasteiger partial charge in [0.1, 0.15) is 0 Å². The van der Waals surface area contributed by atoms with Gasteiger partial charge in [0.05, 0.1) is 5.56 Å². The number of likely N-dealkylation sites (N-methyl/N-ethyl adjacent to an activating group) is 1. The number of benzene rings is 1. The Bertz CT molecular complexity index is 660. The van der Waals surface area contributed by atoms with Crippen molar-refractivity contribution in [2.45, 2.75) is 6.92 Å². The van der Waals surface area contributed by atoms with Crippen molar-refractivity contribution in [3.05, 3.63) is 28.8 Å². The van der Waals surface area contributed by atoms with Crippen LogP contribution in [0.5, 0.6) is 5.75 Å². The zero-order valence-electron chi connectivity index (χ0n) is 12.0. The molecule has 1 fully saturated rings. The molecule has 9 heteroatoms. The van der Waals surface area contributed by atoms with Crippen LogP contribution >= 0.6 is 11.6 Å². The van der Waals surface area contributed by atoms with Crippen molar-refractivity contribution >= 4 is 28.0 Å². The van der Waals surface area contributed by atoms with Crippen LogP contribution in [-0.2, 0) is 10.5 Å². The zero-order chi connectivity index (χ0) is 16.3. The fourth-order valence-corrected chi connectivity index (χ4v) is 2.82. The van der Waals surface area contributed by atoms with E-state index in [9.17, 15) is 17.1 Å². The number of amides is 1. The molecule has 2 rings (SSSR count). The molecule has 6 nitrogen and oxygen atoms in total. The van der Waals surface area contributed by atoms with Crippen molar-refractivity contribution in [1.29, 1.82) is 0 Å². The van der Waals surface area contributed by atoms with Crippen LogP contribution in [-0.4, -0.2) is 56.8 Å². The smallest absolute Gasteiger partial charge is 0.358 e. The Morgan fingerprint density at radius 1 is 1.32 bits per heavy atom. The van der Waals surface area contributed by atoms with Crippen molar-refractivity contribution in [2.75, 3.05) is 32.7 Å². The van der Waals surface area contributed by atoms with Gasteiger partial charge in [-0.05, 0) is 24.7 Å². The maximum Gasteiger partial charge on any atom is 0.488 e. The van der Waals surface area contributed by atoms with Crippen LogP contribution in [0.2, 0.25) is 5.02 Å². The van der Waals surface area contributed by atoms with Crippen molar-refractivity contribution in [1.82, 2.24) is 9.80 Å². The van der Waals surface area contributed by atoms with Crippen molar-refractivity contribution in [3.8, 4) is 5.75 Å². The van der Waals surface area contributed by atoms with Gasteiger partial charge in [-0.1, -0.05) is 22.4 Å². The summed E-state index contributed by atoms with van der Waals surface area (Å²) in [6.45, 7) is 5.38. The Balaban J connectivity index is 2.23. The van der Waals surface area contributed by atoms with E-state index in [0.29, 0.717) is 13.1 Å². The lowest BCUT2D eigenvalue weighted by Crippen LogP contribution is -2.48. The second kappa shape index (κ2) is 6.80. The Morgan fingerprint density at radius 3 is 2.50 bits per heavy atom. The fraction of sp³-hybridized carbons (Fsp3) is 0.462. The van der Waals surface area contributed by atoms with Crippen LogP contribution in [0, 0.1) is 0 Å². The van der Waals surface area contributed by atoms with E-state index < -0.39 is 16.4 Å². The van der Waals surface area contributed by atoms with Gasteiger partial charge in [-0.25, -0.2) is 0 Å². The van der Waals surface area contributed by atoms with Crippen molar-refractivity contribution in [2.24, 2.45) is 0 Å². The van der Waals surface area contributed by atoms with Gasteiger partial charge in [0.2, 0.25) is 0 Å². The summed E-state index contributed by atoms with van der Waals surface area (Å²) in [5.41, 5.74) is -0.0707. The highest BCUT2D eigenvalue weighted by molar-refractivity contribution is 7.81. The van der Waals surface area contributed by atoms with Gasteiger partial charge in [-0.3, -0.25) is 4.79 Å². The zero-order valence-corrected chi connectivity index (χ0v) is 13.5. The number of carbonyl (C=O) groups is 1. The molecule has 0 unspecified atom stereocenters. The number of carbonyl (C=O) groups excluding carboxylic acids is 1. The second-order valence-corrected chi connectivity index (χ2v) is 6.23. The predicted octanol–water partition coefficient (Wildman–Crippen LogP) is 1.71. The van der Waals surface area contributed by atoms with Crippen LogP contribution in [0.4, 0.5) is 3.89 Å². The van der Waals surface area contributed by atoms with Crippen molar-refractivity contribution in [3.63, 3.8) is 0 Å². The summed E-state index contributed by atoms with van der Waals surface area (Å²) in [5, 5.41) is 0.235. The average molecular weight is 351 g/mol. The van der Waals surface area contributed by atoms with Crippen LogP contribution in [0.25, 0.3) is 0 Å². The van der Waals surface area contributed by atoms with Gasteiger partial charge in [0.15, 0.2) is 5.75 Å². The molecule has 122 valence electrons. The molecule has 0 spiro atoms. The normalized spacial score (nSPS) is 16.6. The highest BCUT2D eigenvalue weighted by Gasteiger charge is 2.25. The Labute approximate surface area is 133 Å². The number of hydrogen-bond acceptors (Lipinski definition) is 5. The number of hydrogen-bond donors (Lipinski definition) is 0. The maximum absolute atomic E-state index is 12.7. The molecule has 0 aromatic heterocycles. The summed E-state index contributed by atoms with van der Waals surface area (Å²) in [4.78, 5) is 16.3. The third-order valence-electron chi connectivity index (χ3n) is 3.47. The van der Waals surface area contributed by atoms with E-state index >= 15 is 0 Å². The monoisotopic (exact) mass is 350 g/mol. The third kappa shape index (κ3) is 4.31. The van der Waals surface area contributed by atoms with Gasteiger partial charge >= 0.3 is 10.5 Å². The van der Waals surface area contributed by atoms with E-state index in [1.54, 1.807) is 4.90 Å².